The number of hydrogen-bond acceptors (Lipinski definition) is 5. The summed E-state index contributed by atoms with van der Waals surface area (Å²) in [6.07, 6.45) is 1.74. The Hall–Kier alpha value is -2.28. The molecule has 0 aliphatic rings. The molecule has 0 bridgehead atoms. The number of hydrogen-bond donors (Lipinski definition) is 2. The van der Waals surface area contributed by atoms with Crippen molar-refractivity contribution in [2.45, 2.75) is 26.3 Å². The zero-order valence-corrected chi connectivity index (χ0v) is 13.1. The Bertz CT molecular complexity index is 655. The number of pyridine rings is 1. The fraction of sp³-hybridized carbons (Fsp3) is 0.333. The number of amides is 1. The Kier molecular flexibility index (Phi) is 5.21. The van der Waals surface area contributed by atoms with E-state index >= 15 is 0 Å². The van der Waals surface area contributed by atoms with E-state index in [9.17, 15) is 9.59 Å². The summed E-state index contributed by atoms with van der Waals surface area (Å²) in [6.45, 7) is 3.50. The van der Waals surface area contributed by atoms with Gasteiger partial charge >= 0.3 is 5.97 Å². The Labute approximate surface area is 132 Å². The molecule has 116 valence electrons. The first-order valence-corrected chi connectivity index (χ1v) is 7.73. The van der Waals surface area contributed by atoms with Gasteiger partial charge in [-0.2, -0.15) is 0 Å². The minimum Gasteiger partial charge on any atom is -0.480 e. The third-order valence-electron chi connectivity index (χ3n) is 3.03. The van der Waals surface area contributed by atoms with Crippen molar-refractivity contribution < 1.29 is 14.7 Å². The molecule has 0 spiro atoms. The lowest BCUT2D eigenvalue weighted by Gasteiger charge is -2.17. The van der Waals surface area contributed by atoms with Crippen LogP contribution in [-0.4, -0.2) is 33.0 Å². The monoisotopic (exact) mass is 319 g/mol. The maximum Gasteiger partial charge on any atom is 0.326 e. The lowest BCUT2D eigenvalue weighted by molar-refractivity contribution is -0.143. The molecule has 0 saturated heterocycles. The first-order valence-electron chi connectivity index (χ1n) is 6.85. The van der Waals surface area contributed by atoms with Gasteiger partial charge in [0, 0.05) is 11.6 Å². The second-order valence-corrected chi connectivity index (χ2v) is 6.02. The van der Waals surface area contributed by atoms with Crippen LogP contribution in [0.25, 0.3) is 10.7 Å². The van der Waals surface area contributed by atoms with Crippen LogP contribution in [0, 0.1) is 5.92 Å². The Morgan fingerprint density at radius 2 is 2.14 bits per heavy atom. The molecular formula is C15H17N3O3S. The Balaban J connectivity index is 2.01. The molecule has 0 saturated carbocycles. The molecule has 2 N–H and O–H groups in total. The van der Waals surface area contributed by atoms with Gasteiger partial charge in [-0.05, 0) is 18.1 Å². The van der Waals surface area contributed by atoms with Crippen LogP contribution in [0.1, 0.15) is 19.5 Å². The molecular weight excluding hydrogens is 302 g/mol. The molecule has 0 aliphatic heterocycles. The molecule has 7 heteroatoms. The first-order chi connectivity index (χ1) is 10.5. The predicted molar refractivity (Wildman–Crippen MR) is 83.5 cm³/mol. The maximum atomic E-state index is 12.0. The van der Waals surface area contributed by atoms with Crippen LogP contribution < -0.4 is 5.32 Å². The average Bonchev–Trinajstić information content (AvgIpc) is 2.93. The molecule has 0 unspecified atom stereocenters. The van der Waals surface area contributed by atoms with E-state index in [0.29, 0.717) is 5.69 Å². The van der Waals surface area contributed by atoms with Crippen LogP contribution in [0.5, 0.6) is 0 Å². The minimum absolute atomic E-state index is 0.0554. The number of rotatable bonds is 6. The maximum absolute atomic E-state index is 12.0. The lowest BCUT2D eigenvalue weighted by atomic mass is 10.0. The number of carbonyl (C=O) groups excluding carboxylic acids is 1. The summed E-state index contributed by atoms with van der Waals surface area (Å²) in [6, 6.07) is 4.66. The van der Waals surface area contributed by atoms with E-state index in [4.69, 9.17) is 5.11 Å². The number of aromatic nitrogens is 2. The van der Waals surface area contributed by atoms with Gasteiger partial charge in [0.25, 0.3) is 0 Å². The number of carbonyl (C=O) groups is 2. The van der Waals surface area contributed by atoms with Gasteiger partial charge in [-0.25, -0.2) is 9.78 Å². The number of thiazole rings is 1. The van der Waals surface area contributed by atoms with Gasteiger partial charge in [-0.15, -0.1) is 11.3 Å². The van der Waals surface area contributed by atoms with E-state index in [1.165, 1.54) is 11.3 Å². The highest BCUT2D eigenvalue weighted by Gasteiger charge is 2.23. The van der Waals surface area contributed by atoms with Crippen LogP contribution in [0.3, 0.4) is 0 Å². The third kappa shape index (κ3) is 4.11. The van der Waals surface area contributed by atoms with Crippen LogP contribution in [-0.2, 0) is 16.0 Å². The average molecular weight is 319 g/mol. The van der Waals surface area contributed by atoms with Gasteiger partial charge in [0.05, 0.1) is 17.8 Å². The molecule has 0 aliphatic carbocycles. The molecule has 2 rings (SSSR count). The summed E-state index contributed by atoms with van der Waals surface area (Å²) in [5, 5.41) is 14.1. The summed E-state index contributed by atoms with van der Waals surface area (Å²) < 4.78 is 0. The molecule has 2 aromatic rings. The van der Waals surface area contributed by atoms with Crippen molar-refractivity contribution in [2.75, 3.05) is 0 Å². The fourth-order valence-electron chi connectivity index (χ4n) is 1.90. The predicted octanol–water partition coefficient (Wildman–Crippen LogP) is 1.97. The highest BCUT2D eigenvalue weighted by molar-refractivity contribution is 7.13. The van der Waals surface area contributed by atoms with Crippen molar-refractivity contribution in [1.29, 1.82) is 0 Å². The SMILES string of the molecule is CC(C)[C@H](NC(=O)Cc1csc(-c2ccccn2)n1)C(=O)O. The second kappa shape index (κ2) is 7.13. The van der Waals surface area contributed by atoms with E-state index in [1.807, 2.05) is 18.2 Å². The lowest BCUT2D eigenvalue weighted by Crippen LogP contribution is -2.44. The van der Waals surface area contributed by atoms with E-state index in [-0.39, 0.29) is 18.2 Å². The molecule has 1 atom stereocenters. The first kappa shape index (κ1) is 16.1. The number of carboxylic acid groups (broad SMARTS) is 1. The van der Waals surface area contributed by atoms with Crippen molar-refractivity contribution in [3.63, 3.8) is 0 Å². The summed E-state index contributed by atoms with van der Waals surface area (Å²) in [5.41, 5.74) is 1.36. The largest absolute Gasteiger partial charge is 0.480 e. The van der Waals surface area contributed by atoms with Crippen molar-refractivity contribution in [3.8, 4) is 10.7 Å². The van der Waals surface area contributed by atoms with Gasteiger partial charge < -0.3 is 10.4 Å². The van der Waals surface area contributed by atoms with Crippen molar-refractivity contribution >= 4 is 23.2 Å². The van der Waals surface area contributed by atoms with E-state index < -0.39 is 12.0 Å². The smallest absolute Gasteiger partial charge is 0.326 e. The zero-order chi connectivity index (χ0) is 16.1. The van der Waals surface area contributed by atoms with Crippen LogP contribution in [0.2, 0.25) is 0 Å². The molecule has 0 aromatic carbocycles. The minimum atomic E-state index is -1.03. The van der Waals surface area contributed by atoms with Crippen LogP contribution in [0.15, 0.2) is 29.8 Å². The van der Waals surface area contributed by atoms with E-state index in [1.54, 1.807) is 25.4 Å². The quantitative estimate of drug-likeness (QED) is 0.849. The Morgan fingerprint density at radius 3 is 2.73 bits per heavy atom. The summed E-state index contributed by atoms with van der Waals surface area (Å²) in [7, 11) is 0. The van der Waals surface area contributed by atoms with Gasteiger partial charge in [0.1, 0.15) is 11.0 Å². The number of nitrogens with one attached hydrogen (secondary N) is 1. The van der Waals surface area contributed by atoms with Crippen LogP contribution in [0.4, 0.5) is 0 Å². The summed E-state index contributed by atoms with van der Waals surface area (Å²) >= 11 is 1.41. The van der Waals surface area contributed by atoms with Gasteiger partial charge in [0.2, 0.25) is 5.91 Å². The highest BCUT2D eigenvalue weighted by Crippen LogP contribution is 2.21. The third-order valence-corrected chi connectivity index (χ3v) is 3.94. The van der Waals surface area contributed by atoms with Gasteiger partial charge in [-0.3, -0.25) is 9.78 Å². The zero-order valence-electron chi connectivity index (χ0n) is 12.3. The van der Waals surface area contributed by atoms with Crippen molar-refractivity contribution in [2.24, 2.45) is 5.92 Å². The number of carboxylic acids is 1. The molecule has 2 heterocycles. The molecule has 22 heavy (non-hydrogen) atoms. The van der Waals surface area contributed by atoms with Crippen LogP contribution >= 0.6 is 11.3 Å². The highest BCUT2D eigenvalue weighted by atomic mass is 32.1. The summed E-state index contributed by atoms with van der Waals surface area (Å²) in [4.78, 5) is 31.6. The van der Waals surface area contributed by atoms with E-state index in [0.717, 1.165) is 10.7 Å². The molecule has 1 amide bonds. The molecule has 6 nitrogen and oxygen atoms in total. The normalized spacial score (nSPS) is 12.1. The molecule has 0 fully saturated rings. The van der Waals surface area contributed by atoms with Crippen molar-refractivity contribution in [1.82, 2.24) is 15.3 Å². The number of aliphatic carboxylic acids is 1. The van der Waals surface area contributed by atoms with Gasteiger partial charge in [0.15, 0.2) is 0 Å². The topological polar surface area (TPSA) is 92.2 Å². The van der Waals surface area contributed by atoms with E-state index in [2.05, 4.69) is 15.3 Å². The molecule has 2 aromatic heterocycles. The Morgan fingerprint density at radius 1 is 1.36 bits per heavy atom. The number of nitrogens with zero attached hydrogens (tertiary/aromatic N) is 2. The summed E-state index contributed by atoms with van der Waals surface area (Å²) in [5.74, 6) is -1.56. The fourth-order valence-corrected chi connectivity index (χ4v) is 2.69. The van der Waals surface area contributed by atoms with Gasteiger partial charge in [-0.1, -0.05) is 19.9 Å². The molecule has 0 radical (unpaired) electrons. The second-order valence-electron chi connectivity index (χ2n) is 5.16. The standard InChI is InChI=1S/C15H17N3O3S/c1-9(2)13(15(20)21)18-12(19)7-10-8-22-14(17-10)11-5-3-4-6-16-11/h3-6,8-9,13H,7H2,1-2H3,(H,18,19)(H,20,21)/t13-/m0/s1. The van der Waals surface area contributed by atoms with Crippen molar-refractivity contribution in [3.05, 3.63) is 35.5 Å².